The third-order valence-corrected chi connectivity index (χ3v) is 4.96. The van der Waals surface area contributed by atoms with E-state index >= 15 is 0 Å². The van der Waals surface area contributed by atoms with E-state index in [0.29, 0.717) is 16.8 Å². The second-order valence-corrected chi connectivity index (χ2v) is 7.42. The summed E-state index contributed by atoms with van der Waals surface area (Å²) in [6.07, 6.45) is 0.0724. The van der Waals surface area contributed by atoms with Crippen molar-refractivity contribution in [3.8, 4) is 5.75 Å². The van der Waals surface area contributed by atoms with E-state index in [1.165, 1.54) is 0 Å². The van der Waals surface area contributed by atoms with Gasteiger partial charge in [0, 0.05) is 11.1 Å². The van der Waals surface area contributed by atoms with Gasteiger partial charge in [0.15, 0.2) is 0 Å². The normalized spacial score (nSPS) is 11.6. The van der Waals surface area contributed by atoms with Crippen molar-refractivity contribution in [3.05, 3.63) is 66.7 Å². The Bertz CT molecular complexity index is 943. The van der Waals surface area contributed by atoms with E-state index in [1.807, 2.05) is 44.2 Å². The predicted molar refractivity (Wildman–Crippen MR) is 97.0 cm³/mol. The molecule has 0 aliphatic carbocycles. The smallest absolute Gasteiger partial charge is 0.262 e. The standard InChI is InChI=1S/C19H19NO3S/c1-14(2)23-17-12-10-16(11-13-17)20-24(21,22)19-9-5-7-15-6-3-4-8-18(15)19/h3-14,20H,1-2H3. The Labute approximate surface area is 142 Å². The van der Waals surface area contributed by atoms with Gasteiger partial charge in [-0.1, -0.05) is 36.4 Å². The SMILES string of the molecule is CC(C)Oc1ccc(NS(=O)(=O)c2cccc3ccccc23)cc1. The van der Waals surface area contributed by atoms with Gasteiger partial charge in [0.1, 0.15) is 5.75 Å². The lowest BCUT2D eigenvalue weighted by Gasteiger charge is -2.12. The number of rotatable bonds is 5. The Morgan fingerprint density at radius 1 is 0.875 bits per heavy atom. The molecule has 0 heterocycles. The van der Waals surface area contributed by atoms with Crippen LogP contribution in [0, 0.1) is 0 Å². The molecule has 0 fully saturated rings. The van der Waals surface area contributed by atoms with Crippen LogP contribution in [0.25, 0.3) is 10.8 Å². The Morgan fingerprint density at radius 3 is 2.25 bits per heavy atom. The van der Waals surface area contributed by atoms with Crippen molar-refractivity contribution in [2.24, 2.45) is 0 Å². The number of ether oxygens (including phenoxy) is 1. The van der Waals surface area contributed by atoms with E-state index in [2.05, 4.69) is 4.72 Å². The van der Waals surface area contributed by atoms with Gasteiger partial charge in [-0.25, -0.2) is 8.42 Å². The van der Waals surface area contributed by atoms with Crippen molar-refractivity contribution in [2.75, 3.05) is 4.72 Å². The van der Waals surface area contributed by atoms with E-state index in [-0.39, 0.29) is 11.0 Å². The third-order valence-electron chi connectivity index (χ3n) is 3.52. The van der Waals surface area contributed by atoms with Gasteiger partial charge in [-0.2, -0.15) is 0 Å². The first kappa shape index (κ1) is 16.3. The number of fused-ring (bicyclic) bond motifs is 1. The van der Waals surface area contributed by atoms with Crippen LogP contribution < -0.4 is 9.46 Å². The highest BCUT2D eigenvalue weighted by Crippen LogP contribution is 2.25. The Hall–Kier alpha value is -2.53. The van der Waals surface area contributed by atoms with E-state index in [4.69, 9.17) is 4.74 Å². The predicted octanol–water partition coefficient (Wildman–Crippen LogP) is 4.43. The fraction of sp³-hybridized carbons (Fsp3) is 0.158. The Balaban J connectivity index is 1.91. The molecule has 3 rings (SSSR count). The van der Waals surface area contributed by atoms with Crippen LogP contribution in [-0.4, -0.2) is 14.5 Å². The lowest BCUT2D eigenvalue weighted by molar-refractivity contribution is 0.242. The van der Waals surface area contributed by atoms with Crippen LogP contribution in [0.1, 0.15) is 13.8 Å². The van der Waals surface area contributed by atoms with Gasteiger partial charge in [0.25, 0.3) is 10.0 Å². The van der Waals surface area contributed by atoms with Gasteiger partial charge >= 0.3 is 0 Å². The van der Waals surface area contributed by atoms with Crippen molar-refractivity contribution in [1.82, 2.24) is 0 Å². The summed E-state index contributed by atoms with van der Waals surface area (Å²) in [5.41, 5.74) is 0.499. The molecule has 0 unspecified atom stereocenters. The van der Waals surface area contributed by atoms with E-state index in [9.17, 15) is 8.42 Å². The molecule has 4 nitrogen and oxygen atoms in total. The van der Waals surface area contributed by atoms with Crippen LogP contribution in [0.3, 0.4) is 0 Å². The summed E-state index contributed by atoms with van der Waals surface area (Å²) < 4.78 is 33.7. The maximum Gasteiger partial charge on any atom is 0.262 e. The second-order valence-electron chi connectivity index (χ2n) is 5.77. The van der Waals surface area contributed by atoms with Crippen molar-refractivity contribution < 1.29 is 13.2 Å². The number of nitrogens with one attached hydrogen (secondary N) is 1. The Kier molecular flexibility index (Phi) is 4.44. The maximum atomic E-state index is 12.7. The molecule has 24 heavy (non-hydrogen) atoms. The molecule has 0 aliphatic heterocycles. The molecule has 124 valence electrons. The summed E-state index contributed by atoms with van der Waals surface area (Å²) in [5.74, 6) is 0.707. The molecule has 1 N–H and O–H groups in total. The van der Waals surface area contributed by atoms with E-state index in [1.54, 1.807) is 36.4 Å². The highest BCUT2D eigenvalue weighted by atomic mass is 32.2. The monoisotopic (exact) mass is 341 g/mol. The molecular weight excluding hydrogens is 322 g/mol. The first-order valence-corrected chi connectivity index (χ1v) is 9.21. The topological polar surface area (TPSA) is 55.4 Å². The first-order valence-electron chi connectivity index (χ1n) is 7.73. The van der Waals surface area contributed by atoms with Crippen LogP contribution in [-0.2, 0) is 10.0 Å². The fourth-order valence-corrected chi connectivity index (χ4v) is 3.80. The second kappa shape index (κ2) is 6.53. The average Bonchev–Trinajstić information content (AvgIpc) is 2.55. The van der Waals surface area contributed by atoms with Crippen LogP contribution >= 0.6 is 0 Å². The van der Waals surface area contributed by atoms with Crippen molar-refractivity contribution >= 4 is 26.5 Å². The van der Waals surface area contributed by atoms with Crippen molar-refractivity contribution in [1.29, 1.82) is 0 Å². The molecule has 0 atom stereocenters. The first-order chi connectivity index (χ1) is 11.5. The molecule has 0 amide bonds. The molecule has 5 heteroatoms. The highest BCUT2D eigenvalue weighted by molar-refractivity contribution is 7.93. The zero-order valence-corrected chi connectivity index (χ0v) is 14.4. The number of hydrogen-bond acceptors (Lipinski definition) is 3. The summed E-state index contributed by atoms with van der Waals surface area (Å²) in [6, 6.07) is 19.6. The minimum atomic E-state index is -3.67. The molecule has 0 saturated carbocycles. The van der Waals surface area contributed by atoms with Crippen molar-refractivity contribution in [3.63, 3.8) is 0 Å². The van der Waals surface area contributed by atoms with Gasteiger partial charge in [0.2, 0.25) is 0 Å². The van der Waals surface area contributed by atoms with Crippen LogP contribution in [0.5, 0.6) is 5.75 Å². The molecule has 3 aromatic carbocycles. The van der Waals surface area contributed by atoms with Gasteiger partial charge in [-0.05, 0) is 49.6 Å². The summed E-state index contributed by atoms with van der Waals surface area (Å²) in [6.45, 7) is 3.88. The lowest BCUT2D eigenvalue weighted by Crippen LogP contribution is -2.13. The summed E-state index contributed by atoms with van der Waals surface area (Å²) >= 11 is 0. The lowest BCUT2D eigenvalue weighted by atomic mass is 10.1. The number of sulfonamides is 1. The molecule has 0 saturated heterocycles. The third kappa shape index (κ3) is 3.51. The number of hydrogen-bond donors (Lipinski definition) is 1. The minimum absolute atomic E-state index is 0.0724. The van der Waals surface area contributed by atoms with E-state index < -0.39 is 10.0 Å². The van der Waals surface area contributed by atoms with Crippen LogP contribution in [0.4, 0.5) is 5.69 Å². The molecule has 0 radical (unpaired) electrons. The molecular formula is C19H19NO3S. The zero-order chi connectivity index (χ0) is 17.2. The van der Waals surface area contributed by atoms with Gasteiger partial charge in [0.05, 0.1) is 11.0 Å². The van der Waals surface area contributed by atoms with Gasteiger partial charge in [-0.3, -0.25) is 4.72 Å². The zero-order valence-electron chi connectivity index (χ0n) is 13.6. The number of benzene rings is 3. The molecule has 3 aromatic rings. The fourth-order valence-electron chi connectivity index (χ4n) is 2.51. The highest BCUT2D eigenvalue weighted by Gasteiger charge is 2.17. The largest absolute Gasteiger partial charge is 0.491 e. The van der Waals surface area contributed by atoms with Crippen LogP contribution in [0.15, 0.2) is 71.6 Å². The number of anilines is 1. The molecule has 0 aliphatic rings. The summed E-state index contributed by atoms with van der Waals surface area (Å²) in [5, 5.41) is 1.59. The molecule has 0 bridgehead atoms. The van der Waals surface area contributed by atoms with Crippen molar-refractivity contribution in [2.45, 2.75) is 24.8 Å². The molecule has 0 aromatic heterocycles. The average molecular weight is 341 g/mol. The molecule has 0 spiro atoms. The maximum absolute atomic E-state index is 12.7. The summed E-state index contributed by atoms with van der Waals surface area (Å²) in [4.78, 5) is 0.267. The van der Waals surface area contributed by atoms with Gasteiger partial charge in [-0.15, -0.1) is 0 Å². The minimum Gasteiger partial charge on any atom is -0.491 e. The Morgan fingerprint density at radius 2 is 1.54 bits per heavy atom. The van der Waals surface area contributed by atoms with Gasteiger partial charge < -0.3 is 4.74 Å². The van der Waals surface area contributed by atoms with E-state index in [0.717, 1.165) is 5.39 Å². The van der Waals surface area contributed by atoms with Crippen LogP contribution in [0.2, 0.25) is 0 Å². The quantitative estimate of drug-likeness (QED) is 0.747. The summed E-state index contributed by atoms with van der Waals surface area (Å²) in [7, 11) is -3.67.